The predicted octanol–water partition coefficient (Wildman–Crippen LogP) is 4.43. The SMILES string of the molecule is Fc1ccccc1CN(Cn1[nH]c(-c2cccs2)nc1=S)C1CC1. The Morgan fingerprint density at radius 2 is 2.12 bits per heavy atom. The molecule has 3 aromatic rings. The van der Waals surface area contributed by atoms with E-state index in [1.165, 1.54) is 6.07 Å². The van der Waals surface area contributed by atoms with Gasteiger partial charge in [0.25, 0.3) is 0 Å². The number of nitrogens with zero attached hydrogens (tertiary/aromatic N) is 3. The Morgan fingerprint density at radius 3 is 2.83 bits per heavy atom. The molecular weight excluding hydrogens is 343 g/mol. The van der Waals surface area contributed by atoms with Crippen LogP contribution >= 0.6 is 23.6 Å². The molecule has 0 spiro atoms. The van der Waals surface area contributed by atoms with Crippen LogP contribution in [0.4, 0.5) is 4.39 Å². The van der Waals surface area contributed by atoms with Crippen molar-refractivity contribution >= 4 is 23.6 Å². The van der Waals surface area contributed by atoms with Crippen LogP contribution < -0.4 is 0 Å². The third kappa shape index (κ3) is 3.33. The first-order chi connectivity index (χ1) is 11.7. The smallest absolute Gasteiger partial charge is 0.217 e. The fourth-order valence-corrected chi connectivity index (χ4v) is 3.60. The average molecular weight is 360 g/mol. The lowest BCUT2D eigenvalue weighted by atomic mass is 10.2. The third-order valence-corrected chi connectivity index (χ3v) is 5.34. The molecule has 124 valence electrons. The van der Waals surface area contributed by atoms with Crippen LogP contribution in [0.3, 0.4) is 0 Å². The van der Waals surface area contributed by atoms with Crippen molar-refractivity contribution in [3.05, 3.63) is 57.9 Å². The summed E-state index contributed by atoms with van der Waals surface area (Å²) < 4.78 is 16.4. The van der Waals surface area contributed by atoms with Crippen LogP contribution in [0.1, 0.15) is 18.4 Å². The van der Waals surface area contributed by atoms with Crippen LogP contribution in [-0.4, -0.2) is 25.7 Å². The highest BCUT2D eigenvalue weighted by molar-refractivity contribution is 7.71. The van der Waals surface area contributed by atoms with Crippen molar-refractivity contribution in [1.82, 2.24) is 19.7 Å². The van der Waals surface area contributed by atoms with Gasteiger partial charge in [-0.15, -0.1) is 11.3 Å². The summed E-state index contributed by atoms with van der Waals surface area (Å²) in [7, 11) is 0. The van der Waals surface area contributed by atoms with Crippen LogP contribution in [0.25, 0.3) is 10.7 Å². The molecule has 4 nitrogen and oxygen atoms in total. The normalized spacial score (nSPS) is 14.4. The molecule has 1 aliphatic carbocycles. The minimum atomic E-state index is -0.157. The molecule has 4 rings (SSSR count). The van der Waals surface area contributed by atoms with Crippen molar-refractivity contribution in [3.8, 4) is 10.7 Å². The van der Waals surface area contributed by atoms with Gasteiger partial charge in [-0.3, -0.25) is 10.00 Å². The fraction of sp³-hybridized carbons (Fsp3) is 0.294. The number of benzene rings is 1. The Labute approximate surface area is 148 Å². The highest BCUT2D eigenvalue weighted by atomic mass is 32.1. The first-order valence-electron chi connectivity index (χ1n) is 7.89. The Hall–Kier alpha value is -1.83. The maximum absolute atomic E-state index is 14.0. The van der Waals surface area contributed by atoms with Gasteiger partial charge in [-0.2, -0.15) is 4.98 Å². The largest absolute Gasteiger partial charge is 0.277 e. The van der Waals surface area contributed by atoms with E-state index in [-0.39, 0.29) is 5.82 Å². The van der Waals surface area contributed by atoms with Gasteiger partial charge >= 0.3 is 0 Å². The summed E-state index contributed by atoms with van der Waals surface area (Å²) in [6, 6.07) is 11.4. The molecular formula is C17H17FN4S2. The summed E-state index contributed by atoms with van der Waals surface area (Å²) in [4.78, 5) is 7.76. The molecule has 0 atom stereocenters. The molecule has 0 aliphatic heterocycles. The average Bonchev–Trinajstić information content (AvgIpc) is 3.15. The van der Waals surface area contributed by atoms with Gasteiger partial charge in [0.15, 0.2) is 5.82 Å². The molecule has 24 heavy (non-hydrogen) atoms. The quantitative estimate of drug-likeness (QED) is 0.661. The highest BCUT2D eigenvalue weighted by Crippen LogP contribution is 2.29. The number of H-pyrrole nitrogens is 1. The molecule has 1 fully saturated rings. The van der Waals surface area contributed by atoms with Gasteiger partial charge in [0.2, 0.25) is 4.77 Å². The summed E-state index contributed by atoms with van der Waals surface area (Å²) in [5, 5.41) is 5.29. The number of halogens is 1. The second-order valence-electron chi connectivity index (χ2n) is 5.97. The molecule has 1 saturated carbocycles. The van der Waals surface area contributed by atoms with Crippen LogP contribution in [-0.2, 0) is 13.2 Å². The van der Waals surface area contributed by atoms with Crippen molar-refractivity contribution in [2.24, 2.45) is 0 Å². The summed E-state index contributed by atoms with van der Waals surface area (Å²) in [5.74, 6) is 0.632. The van der Waals surface area contributed by atoms with E-state index in [1.54, 1.807) is 17.4 Å². The zero-order valence-corrected chi connectivity index (χ0v) is 14.6. The molecule has 0 unspecified atom stereocenters. The number of rotatable bonds is 6. The first kappa shape index (κ1) is 15.7. The zero-order chi connectivity index (χ0) is 16.5. The molecule has 0 radical (unpaired) electrons. The van der Waals surface area contributed by atoms with E-state index in [9.17, 15) is 4.39 Å². The zero-order valence-electron chi connectivity index (χ0n) is 13.0. The number of nitrogens with one attached hydrogen (secondary N) is 1. The molecule has 0 bridgehead atoms. The third-order valence-electron chi connectivity index (χ3n) is 4.15. The second kappa shape index (κ2) is 6.58. The summed E-state index contributed by atoms with van der Waals surface area (Å²) in [6.45, 7) is 1.17. The predicted molar refractivity (Wildman–Crippen MR) is 95.7 cm³/mol. The minimum Gasteiger partial charge on any atom is -0.277 e. The minimum absolute atomic E-state index is 0.157. The standard InChI is InChI=1S/C17H17FN4S2/c18-14-5-2-1-4-12(14)10-21(13-7-8-13)11-22-17(23)19-16(20-22)15-6-3-9-24-15/h1-6,9,13H,7-8,10-11H2,(H,19,20,23). The number of thiophene rings is 1. The Kier molecular flexibility index (Phi) is 4.30. The number of hydrogen-bond acceptors (Lipinski definition) is 4. The summed E-state index contributed by atoms with van der Waals surface area (Å²) >= 11 is 7.01. The first-order valence-corrected chi connectivity index (χ1v) is 9.17. The van der Waals surface area contributed by atoms with Crippen molar-refractivity contribution < 1.29 is 4.39 Å². The lowest BCUT2D eigenvalue weighted by Gasteiger charge is -2.22. The van der Waals surface area contributed by atoms with E-state index in [4.69, 9.17) is 12.2 Å². The maximum atomic E-state index is 14.0. The molecule has 1 aliphatic rings. The lowest BCUT2D eigenvalue weighted by Crippen LogP contribution is -2.29. The van der Waals surface area contributed by atoms with Gasteiger partial charge < -0.3 is 0 Å². The van der Waals surface area contributed by atoms with E-state index >= 15 is 0 Å². The lowest BCUT2D eigenvalue weighted by molar-refractivity contribution is 0.184. The van der Waals surface area contributed by atoms with Crippen LogP contribution in [0.2, 0.25) is 0 Å². The second-order valence-corrected chi connectivity index (χ2v) is 7.28. The van der Waals surface area contributed by atoms with Gasteiger partial charge in [0.05, 0.1) is 11.5 Å². The Bertz CT molecular complexity index is 880. The van der Waals surface area contributed by atoms with Crippen molar-refractivity contribution in [2.75, 3.05) is 0 Å². The van der Waals surface area contributed by atoms with Gasteiger partial charge in [-0.05, 0) is 42.6 Å². The molecule has 2 heterocycles. The molecule has 0 amide bonds. The number of hydrogen-bond donors (Lipinski definition) is 1. The van der Waals surface area contributed by atoms with Crippen molar-refractivity contribution in [1.29, 1.82) is 0 Å². The summed E-state index contributed by atoms with van der Waals surface area (Å²) in [5.41, 5.74) is 0.717. The topological polar surface area (TPSA) is 36.9 Å². The monoisotopic (exact) mass is 360 g/mol. The summed E-state index contributed by atoms with van der Waals surface area (Å²) in [6.07, 6.45) is 2.29. The van der Waals surface area contributed by atoms with Crippen molar-refractivity contribution in [2.45, 2.75) is 32.1 Å². The molecule has 1 aromatic carbocycles. The van der Waals surface area contributed by atoms with Crippen molar-refractivity contribution in [3.63, 3.8) is 0 Å². The van der Waals surface area contributed by atoms with Crippen LogP contribution in [0.5, 0.6) is 0 Å². The fourth-order valence-electron chi connectivity index (χ4n) is 2.74. The van der Waals surface area contributed by atoms with E-state index in [2.05, 4.69) is 15.0 Å². The maximum Gasteiger partial charge on any atom is 0.217 e. The number of aromatic amines is 1. The van der Waals surface area contributed by atoms with Crippen LogP contribution in [0, 0.1) is 10.6 Å². The Balaban J connectivity index is 1.56. The highest BCUT2D eigenvalue weighted by Gasteiger charge is 2.30. The van der Waals surface area contributed by atoms with Gasteiger partial charge in [0, 0.05) is 18.2 Å². The van der Waals surface area contributed by atoms with E-state index in [0.29, 0.717) is 29.6 Å². The van der Waals surface area contributed by atoms with Crippen LogP contribution in [0.15, 0.2) is 41.8 Å². The molecule has 7 heteroatoms. The van der Waals surface area contributed by atoms with Gasteiger partial charge in [0.1, 0.15) is 5.82 Å². The Morgan fingerprint density at radius 1 is 1.29 bits per heavy atom. The van der Waals surface area contributed by atoms with E-state index < -0.39 is 0 Å². The van der Waals surface area contributed by atoms with Gasteiger partial charge in [-0.25, -0.2) is 9.07 Å². The molecule has 0 saturated heterocycles. The number of aromatic nitrogens is 3. The molecule has 1 N–H and O–H groups in total. The van der Waals surface area contributed by atoms with Gasteiger partial charge in [-0.1, -0.05) is 24.3 Å². The van der Waals surface area contributed by atoms with E-state index in [0.717, 1.165) is 23.5 Å². The van der Waals surface area contributed by atoms with E-state index in [1.807, 2.05) is 34.3 Å². The molecule has 2 aromatic heterocycles.